The Morgan fingerprint density at radius 1 is 1.69 bits per heavy atom. The number of carbonyl (C=O) groups excluding carboxylic acids is 1. The lowest BCUT2D eigenvalue weighted by Crippen LogP contribution is -2.20. The van der Waals surface area contributed by atoms with Crippen LogP contribution in [0.2, 0.25) is 0 Å². The summed E-state index contributed by atoms with van der Waals surface area (Å²) in [6, 6.07) is 1.83. The molecule has 4 heteroatoms. The molecule has 72 valence electrons. The van der Waals surface area contributed by atoms with Gasteiger partial charge in [0.2, 0.25) is 0 Å². The van der Waals surface area contributed by atoms with Crippen molar-refractivity contribution in [2.75, 3.05) is 6.61 Å². The van der Waals surface area contributed by atoms with Gasteiger partial charge in [-0.2, -0.15) is 5.10 Å². The van der Waals surface area contributed by atoms with Gasteiger partial charge in [-0.1, -0.05) is 6.92 Å². The van der Waals surface area contributed by atoms with Crippen molar-refractivity contribution < 1.29 is 9.53 Å². The second kappa shape index (κ2) is 4.64. The maximum absolute atomic E-state index is 11.2. The second-order valence-corrected chi connectivity index (χ2v) is 2.88. The van der Waals surface area contributed by atoms with Gasteiger partial charge in [-0.25, -0.2) is 0 Å². The van der Waals surface area contributed by atoms with Gasteiger partial charge in [0.15, 0.2) is 0 Å². The first-order valence-electron chi connectivity index (χ1n) is 4.38. The number of rotatable bonds is 4. The van der Waals surface area contributed by atoms with Crippen molar-refractivity contribution >= 4 is 5.97 Å². The molecular weight excluding hydrogens is 168 g/mol. The third kappa shape index (κ3) is 2.89. The standard InChI is InChI=1S/C9H14N2O2/c1-3-13-9(12)8(2)7-11-6-4-5-10-11/h4-6,8H,3,7H2,1-2H3. The molecule has 0 aliphatic heterocycles. The first kappa shape index (κ1) is 9.77. The minimum absolute atomic E-state index is 0.139. The van der Waals surface area contributed by atoms with Crippen LogP contribution in [0.3, 0.4) is 0 Å². The van der Waals surface area contributed by atoms with E-state index in [-0.39, 0.29) is 11.9 Å². The highest BCUT2D eigenvalue weighted by molar-refractivity contribution is 5.71. The van der Waals surface area contributed by atoms with Crippen LogP contribution in [0, 0.1) is 5.92 Å². The lowest BCUT2D eigenvalue weighted by atomic mass is 10.2. The van der Waals surface area contributed by atoms with E-state index < -0.39 is 0 Å². The molecule has 0 radical (unpaired) electrons. The molecule has 1 aromatic rings. The number of hydrogen-bond acceptors (Lipinski definition) is 3. The van der Waals surface area contributed by atoms with Crippen molar-refractivity contribution in [2.45, 2.75) is 20.4 Å². The van der Waals surface area contributed by atoms with E-state index in [4.69, 9.17) is 4.74 Å². The molecule has 1 heterocycles. The fourth-order valence-corrected chi connectivity index (χ4v) is 1.05. The van der Waals surface area contributed by atoms with Crippen molar-refractivity contribution in [2.24, 2.45) is 5.92 Å². The first-order valence-corrected chi connectivity index (χ1v) is 4.38. The minimum atomic E-state index is -0.169. The van der Waals surface area contributed by atoms with Gasteiger partial charge in [-0.15, -0.1) is 0 Å². The highest BCUT2D eigenvalue weighted by Gasteiger charge is 2.14. The molecule has 0 saturated heterocycles. The van der Waals surface area contributed by atoms with Crippen molar-refractivity contribution in [3.05, 3.63) is 18.5 Å². The van der Waals surface area contributed by atoms with Crippen molar-refractivity contribution in [3.8, 4) is 0 Å². The average Bonchev–Trinajstić information content (AvgIpc) is 2.57. The molecule has 1 rings (SSSR count). The molecule has 0 bridgehead atoms. The predicted molar refractivity (Wildman–Crippen MR) is 48.0 cm³/mol. The zero-order valence-electron chi connectivity index (χ0n) is 7.93. The SMILES string of the molecule is CCOC(=O)C(C)Cn1cccn1. The summed E-state index contributed by atoms with van der Waals surface area (Å²) >= 11 is 0. The largest absolute Gasteiger partial charge is 0.466 e. The third-order valence-electron chi connectivity index (χ3n) is 1.71. The Morgan fingerprint density at radius 3 is 3.00 bits per heavy atom. The molecule has 0 fully saturated rings. The Labute approximate surface area is 77.5 Å². The lowest BCUT2D eigenvalue weighted by Gasteiger charge is -2.09. The molecule has 0 aromatic carbocycles. The van der Waals surface area contributed by atoms with E-state index in [1.165, 1.54) is 0 Å². The summed E-state index contributed by atoms with van der Waals surface area (Å²) in [5.41, 5.74) is 0. The van der Waals surface area contributed by atoms with Crippen LogP contribution in [0.25, 0.3) is 0 Å². The van der Waals surface area contributed by atoms with Gasteiger partial charge in [-0.3, -0.25) is 9.48 Å². The summed E-state index contributed by atoms with van der Waals surface area (Å²) in [6.07, 6.45) is 3.52. The van der Waals surface area contributed by atoms with Gasteiger partial charge in [0.05, 0.1) is 19.1 Å². The van der Waals surface area contributed by atoms with E-state index >= 15 is 0 Å². The molecule has 1 aromatic heterocycles. The quantitative estimate of drug-likeness (QED) is 0.654. The lowest BCUT2D eigenvalue weighted by molar-refractivity contribution is -0.147. The molecule has 0 aliphatic carbocycles. The average molecular weight is 182 g/mol. The Morgan fingerprint density at radius 2 is 2.46 bits per heavy atom. The van der Waals surface area contributed by atoms with Gasteiger partial charge < -0.3 is 4.74 Å². The van der Waals surface area contributed by atoms with Crippen molar-refractivity contribution in [1.82, 2.24) is 9.78 Å². The molecular formula is C9H14N2O2. The van der Waals surface area contributed by atoms with Crippen LogP contribution in [-0.4, -0.2) is 22.4 Å². The molecule has 1 atom stereocenters. The van der Waals surface area contributed by atoms with E-state index in [2.05, 4.69) is 5.10 Å². The summed E-state index contributed by atoms with van der Waals surface area (Å²) in [5, 5.41) is 4.01. The van der Waals surface area contributed by atoms with Gasteiger partial charge in [0, 0.05) is 12.4 Å². The summed E-state index contributed by atoms with van der Waals surface area (Å²) in [7, 11) is 0. The molecule has 4 nitrogen and oxygen atoms in total. The third-order valence-corrected chi connectivity index (χ3v) is 1.71. The van der Waals surface area contributed by atoms with Crippen LogP contribution in [0.5, 0.6) is 0 Å². The van der Waals surface area contributed by atoms with Crippen LogP contribution in [-0.2, 0) is 16.1 Å². The highest BCUT2D eigenvalue weighted by Crippen LogP contribution is 2.01. The van der Waals surface area contributed by atoms with Gasteiger partial charge in [0.1, 0.15) is 0 Å². The first-order chi connectivity index (χ1) is 6.24. The van der Waals surface area contributed by atoms with Crippen molar-refractivity contribution in [1.29, 1.82) is 0 Å². The number of carbonyl (C=O) groups is 1. The fraction of sp³-hybridized carbons (Fsp3) is 0.556. The summed E-state index contributed by atoms with van der Waals surface area (Å²) < 4.78 is 6.60. The predicted octanol–water partition coefficient (Wildman–Crippen LogP) is 1.08. The number of hydrogen-bond donors (Lipinski definition) is 0. The van der Waals surface area contributed by atoms with E-state index in [0.29, 0.717) is 13.2 Å². The number of nitrogens with zero attached hydrogens (tertiary/aromatic N) is 2. The summed E-state index contributed by atoms with van der Waals surface area (Å²) in [6.45, 7) is 4.65. The topological polar surface area (TPSA) is 44.1 Å². The van der Waals surface area contributed by atoms with Gasteiger partial charge in [-0.05, 0) is 13.0 Å². The minimum Gasteiger partial charge on any atom is -0.466 e. The van der Waals surface area contributed by atoms with Crippen LogP contribution < -0.4 is 0 Å². The molecule has 1 unspecified atom stereocenters. The maximum Gasteiger partial charge on any atom is 0.310 e. The second-order valence-electron chi connectivity index (χ2n) is 2.88. The van der Waals surface area contributed by atoms with E-state index in [1.807, 2.05) is 19.2 Å². The maximum atomic E-state index is 11.2. The van der Waals surface area contributed by atoms with E-state index in [0.717, 1.165) is 0 Å². The monoisotopic (exact) mass is 182 g/mol. The van der Waals surface area contributed by atoms with E-state index in [1.54, 1.807) is 17.8 Å². The fourth-order valence-electron chi connectivity index (χ4n) is 1.05. The molecule has 0 amide bonds. The Balaban J connectivity index is 2.41. The van der Waals surface area contributed by atoms with Crippen LogP contribution >= 0.6 is 0 Å². The van der Waals surface area contributed by atoms with Crippen LogP contribution in [0.1, 0.15) is 13.8 Å². The van der Waals surface area contributed by atoms with Gasteiger partial charge >= 0.3 is 5.97 Å². The van der Waals surface area contributed by atoms with E-state index in [9.17, 15) is 4.79 Å². The molecule has 13 heavy (non-hydrogen) atoms. The highest BCUT2D eigenvalue weighted by atomic mass is 16.5. The van der Waals surface area contributed by atoms with Gasteiger partial charge in [0.25, 0.3) is 0 Å². The normalized spacial score (nSPS) is 12.5. The Hall–Kier alpha value is -1.32. The Bertz CT molecular complexity index is 257. The molecule has 0 aliphatic rings. The Kier molecular flexibility index (Phi) is 3.49. The molecule has 0 N–H and O–H groups in total. The smallest absolute Gasteiger partial charge is 0.310 e. The number of aromatic nitrogens is 2. The molecule has 0 spiro atoms. The number of esters is 1. The summed E-state index contributed by atoms with van der Waals surface area (Å²) in [4.78, 5) is 11.2. The zero-order valence-corrected chi connectivity index (χ0v) is 7.93. The summed E-state index contributed by atoms with van der Waals surface area (Å²) in [5.74, 6) is -0.308. The van der Waals surface area contributed by atoms with Crippen molar-refractivity contribution in [3.63, 3.8) is 0 Å². The zero-order chi connectivity index (χ0) is 9.68. The van der Waals surface area contributed by atoms with Crippen LogP contribution in [0.15, 0.2) is 18.5 Å². The molecule has 0 saturated carbocycles. The number of ether oxygens (including phenoxy) is 1. The van der Waals surface area contributed by atoms with Crippen LogP contribution in [0.4, 0.5) is 0 Å².